The largest absolute Gasteiger partial charge is 0.453 e. The molecule has 0 saturated heterocycles. The third-order valence-electron chi connectivity index (χ3n) is 5.15. The van der Waals surface area contributed by atoms with E-state index in [4.69, 9.17) is 0 Å². The Labute approximate surface area is 152 Å². The van der Waals surface area contributed by atoms with E-state index in [-0.39, 0.29) is 10.9 Å². The summed E-state index contributed by atoms with van der Waals surface area (Å²) < 4.78 is 32.6. The van der Waals surface area contributed by atoms with E-state index in [9.17, 15) is 13.2 Å². The molecule has 1 unspecified atom stereocenters. The fourth-order valence-corrected chi connectivity index (χ4v) is 5.57. The summed E-state index contributed by atoms with van der Waals surface area (Å²) in [5, 5.41) is 2.52. The van der Waals surface area contributed by atoms with Crippen molar-refractivity contribution in [1.82, 2.24) is 4.31 Å². The lowest BCUT2D eigenvalue weighted by atomic mass is 9.95. The lowest BCUT2D eigenvalue weighted by Crippen LogP contribution is -2.39. The molecule has 0 saturated carbocycles. The minimum atomic E-state index is -3.59. The van der Waals surface area contributed by atoms with E-state index in [2.05, 4.69) is 28.3 Å². The van der Waals surface area contributed by atoms with Crippen molar-refractivity contribution in [3.05, 3.63) is 59.2 Å². The van der Waals surface area contributed by atoms with Gasteiger partial charge in [-0.2, -0.15) is 4.31 Å². The molecule has 2 aromatic carbocycles. The summed E-state index contributed by atoms with van der Waals surface area (Å²) in [6, 6.07) is 12.4. The Balaban J connectivity index is 1.63. The molecule has 0 radical (unpaired) electrons. The Morgan fingerprint density at radius 1 is 1.12 bits per heavy atom. The van der Waals surface area contributed by atoms with E-state index in [0.29, 0.717) is 12.2 Å². The Hall–Kier alpha value is -2.38. The fourth-order valence-electron chi connectivity index (χ4n) is 3.94. The van der Waals surface area contributed by atoms with E-state index >= 15 is 0 Å². The number of benzene rings is 2. The molecule has 1 heterocycles. The smallest absolute Gasteiger partial charge is 0.411 e. The topological polar surface area (TPSA) is 75.7 Å². The molecule has 1 aliphatic carbocycles. The molecule has 6 nitrogen and oxygen atoms in total. The number of ether oxygens (including phenoxy) is 1. The molecule has 1 atom stereocenters. The van der Waals surface area contributed by atoms with Gasteiger partial charge in [-0.1, -0.05) is 18.2 Å². The van der Waals surface area contributed by atoms with Crippen LogP contribution in [0.25, 0.3) is 0 Å². The van der Waals surface area contributed by atoms with Gasteiger partial charge in [0.05, 0.1) is 18.0 Å². The number of nitrogens with zero attached hydrogens (tertiary/aromatic N) is 1. The molecule has 1 N–H and O–H groups in total. The zero-order valence-electron chi connectivity index (χ0n) is 14.4. The number of hydrogen-bond acceptors (Lipinski definition) is 4. The summed E-state index contributed by atoms with van der Waals surface area (Å²) in [7, 11) is -2.32. The number of methoxy groups -OCH3 is 1. The quantitative estimate of drug-likeness (QED) is 0.898. The number of carbonyl (C=O) groups is 1. The van der Waals surface area contributed by atoms with E-state index in [1.807, 2.05) is 0 Å². The first-order chi connectivity index (χ1) is 12.5. The van der Waals surface area contributed by atoms with Crippen molar-refractivity contribution >= 4 is 21.8 Å². The molecule has 0 aromatic heterocycles. The van der Waals surface area contributed by atoms with Crippen LogP contribution >= 0.6 is 0 Å². The number of anilines is 1. The molecule has 4 rings (SSSR count). The van der Waals surface area contributed by atoms with Gasteiger partial charge >= 0.3 is 6.09 Å². The second-order valence-electron chi connectivity index (χ2n) is 6.55. The van der Waals surface area contributed by atoms with Gasteiger partial charge in [0.2, 0.25) is 10.0 Å². The maximum atomic E-state index is 13.2. The lowest BCUT2D eigenvalue weighted by Gasteiger charge is -2.34. The molecule has 2 aromatic rings. The molecule has 2 aliphatic rings. The van der Waals surface area contributed by atoms with Gasteiger partial charge in [0.1, 0.15) is 0 Å². The van der Waals surface area contributed by atoms with Crippen LogP contribution in [0.15, 0.2) is 47.4 Å². The van der Waals surface area contributed by atoms with Crippen molar-refractivity contribution < 1.29 is 17.9 Å². The third kappa shape index (κ3) is 2.77. The highest BCUT2D eigenvalue weighted by molar-refractivity contribution is 7.89. The Bertz CT molecular complexity index is 954. The van der Waals surface area contributed by atoms with Gasteiger partial charge in [-0.25, -0.2) is 13.2 Å². The summed E-state index contributed by atoms with van der Waals surface area (Å²) in [5.74, 6) is 0. The number of amides is 1. The van der Waals surface area contributed by atoms with Gasteiger partial charge in [-0.15, -0.1) is 0 Å². The van der Waals surface area contributed by atoms with Crippen LogP contribution in [-0.2, 0) is 27.6 Å². The van der Waals surface area contributed by atoms with Crippen molar-refractivity contribution in [2.24, 2.45) is 0 Å². The van der Waals surface area contributed by atoms with Crippen molar-refractivity contribution in [2.45, 2.75) is 30.2 Å². The fraction of sp³-hybridized carbons (Fsp3) is 0.316. The van der Waals surface area contributed by atoms with Gasteiger partial charge in [-0.05, 0) is 60.2 Å². The second-order valence-corrected chi connectivity index (χ2v) is 8.44. The standard InChI is InChI=1S/C19H20N2O4S/c1-25-19(22)20-15-6-8-16(9-7-15)26(23,24)21-12-11-14-4-2-3-13-5-10-17(21)18(13)14/h2-4,6-9,17H,5,10-12H2,1H3,(H,20,22). The van der Waals surface area contributed by atoms with E-state index in [0.717, 1.165) is 19.3 Å². The maximum absolute atomic E-state index is 13.2. The predicted octanol–water partition coefficient (Wildman–Crippen LogP) is 3.10. The van der Waals surface area contributed by atoms with Gasteiger partial charge in [-0.3, -0.25) is 5.32 Å². The molecule has 26 heavy (non-hydrogen) atoms. The minimum Gasteiger partial charge on any atom is -0.453 e. The molecular weight excluding hydrogens is 352 g/mol. The van der Waals surface area contributed by atoms with E-state index < -0.39 is 16.1 Å². The summed E-state index contributed by atoms with van der Waals surface area (Å²) in [6.07, 6.45) is 1.89. The zero-order valence-corrected chi connectivity index (χ0v) is 15.3. The normalized spacial score (nSPS) is 19.0. The first-order valence-corrected chi connectivity index (χ1v) is 10.0. The Morgan fingerprint density at radius 3 is 2.50 bits per heavy atom. The van der Waals surface area contributed by atoms with Crippen LogP contribution in [-0.4, -0.2) is 32.5 Å². The molecule has 7 heteroatoms. The zero-order chi connectivity index (χ0) is 18.3. The summed E-state index contributed by atoms with van der Waals surface area (Å²) in [4.78, 5) is 11.5. The number of nitrogens with one attached hydrogen (secondary N) is 1. The molecule has 136 valence electrons. The molecule has 1 aliphatic heterocycles. The van der Waals surface area contributed by atoms with Gasteiger partial charge in [0.25, 0.3) is 0 Å². The predicted molar refractivity (Wildman–Crippen MR) is 97.6 cm³/mol. The number of aryl methyl sites for hydroxylation is 1. The van der Waals surface area contributed by atoms with Crippen LogP contribution in [0.4, 0.5) is 10.5 Å². The van der Waals surface area contributed by atoms with Crippen molar-refractivity contribution in [3.8, 4) is 0 Å². The van der Waals surface area contributed by atoms with E-state index in [1.165, 1.54) is 35.9 Å². The number of sulfonamides is 1. The number of carbonyl (C=O) groups excluding carboxylic acids is 1. The van der Waals surface area contributed by atoms with Gasteiger partial charge < -0.3 is 4.74 Å². The molecule has 0 fully saturated rings. The highest BCUT2D eigenvalue weighted by atomic mass is 32.2. The first-order valence-electron chi connectivity index (χ1n) is 8.58. The van der Waals surface area contributed by atoms with Crippen molar-refractivity contribution in [3.63, 3.8) is 0 Å². The number of rotatable bonds is 3. The number of hydrogen-bond donors (Lipinski definition) is 1. The monoisotopic (exact) mass is 372 g/mol. The van der Waals surface area contributed by atoms with E-state index in [1.54, 1.807) is 16.4 Å². The van der Waals surface area contributed by atoms with Crippen LogP contribution in [0, 0.1) is 0 Å². The minimum absolute atomic E-state index is 0.0761. The Morgan fingerprint density at radius 2 is 1.81 bits per heavy atom. The highest BCUT2D eigenvalue weighted by Crippen LogP contribution is 2.43. The van der Waals surface area contributed by atoms with Crippen LogP contribution in [0.3, 0.4) is 0 Å². The molecular formula is C19H20N2O4S. The molecule has 0 bridgehead atoms. The summed E-state index contributed by atoms with van der Waals surface area (Å²) in [5.41, 5.74) is 4.23. The van der Waals surface area contributed by atoms with Crippen molar-refractivity contribution in [1.29, 1.82) is 0 Å². The van der Waals surface area contributed by atoms with Gasteiger partial charge in [0, 0.05) is 12.2 Å². The van der Waals surface area contributed by atoms with Crippen LogP contribution in [0.1, 0.15) is 29.2 Å². The van der Waals surface area contributed by atoms with Crippen LogP contribution < -0.4 is 5.32 Å². The Kier molecular flexibility index (Phi) is 4.20. The van der Waals surface area contributed by atoms with Crippen LogP contribution in [0.5, 0.6) is 0 Å². The first kappa shape index (κ1) is 17.1. The highest BCUT2D eigenvalue weighted by Gasteiger charge is 2.39. The summed E-state index contributed by atoms with van der Waals surface area (Å²) >= 11 is 0. The van der Waals surface area contributed by atoms with Crippen LogP contribution in [0.2, 0.25) is 0 Å². The average molecular weight is 372 g/mol. The summed E-state index contributed by atoms with van der Waals surface area (Å²) in [6.45, 7) is 0.492. The third-order valence-corrected chi connectivity index (χ3v) is 7.07. The SMILES string of the molecule is COC(=O)Nc1ccc(S(=O)(=O)N2CCc3cccc4c3C2CC4)cc1. The van der Waals surface area contributed by atoms with Crippen molar-refractivity contribution in [2.75, 3.05) is 19.0 Å². The lowest BCUT2D eigenvalue weighted by molar-refractivity contribution is 0.187. The average Bonchev–Trinajstić information content (AvgIpc) is 3.08. The maximum Gasteiger partial charge on any atom is 0.411 e. The second kappa shape index (κ2) is 6.41. The van der Waals surface area contributed by atoms with Gasteiger partial charge in [0.15, 0.2) is 0 Å². The molecule has 1 amide bonds. The molecule has 0 spiro atoms.